The standard InChI is InChI=1S/C14H22N4O3/c1-2-21-14-10-12(9-13(11-14)18(19)20)16-5-8-17-6-3-15-4-7-17/h9-11,15-16H,2-8H2,1H3. The van der Waals surface area contributed by atoms with Crippen molar-refractivity contribution in [1.82, 2.24) is 10.2 Å². The number of anilines is 1. The van der Waals surface area contributed by atoms with Gasteiger partial charge in [-0.3, -0.25) is 15.0 Å². The first-order valence-electron chi connectivity index (χ1n) is 7.28. The molecule has 21 heavy (non-hydrogen) atoms. The molecule has 7 nitrogen and oxygen atoms in total. The zero-order chi connectivity index (χ0) is 15.1. The molecule has 1 aliphatic heterocycles. The van der Waals surface area contributed by atoms with Crippen LogP contribution < -0.4 is 15.4 Å². The molecule has 1 fully saturated rings. The normalized spacial score (nSPS) is 15.7. The van der Waals surface area contributed by atoms with Crippen LogP contribution in [0, 0.1) is 10.1 Å². The van der Waals surface area contributed by atoms with Gasteiger partial charge in [0.2, 0.25) is 0 Å². The highest BCUT2D eigenvalue weighted by Gasteiger charge is 2.12. The molecular weight excluding hydrogens is 272 g/mol. The second-order valence-corrected chi connectivity index (χ2v) is 4.92. The van der Waals surface area contributed by atoms with Gasteiger partial charge in [0.1, 0.15) is 5.75 Å². The first-order valence-corrected chi connectivity index (χ1v) is 7.28. The summed E-state index contributed by atoms with van der Waals surface area (Å²) in [6, 6.07) is 4.79. The topological polar surface area (TPSA) is 79.7 Å². The number of nitro benzene ring substituents is 1. The summed E-state index contributed by atoms with van der Waals surface area (Å²) in [5.41, 5.74) is 0.772. The van der Waals surface area contributed by atoms with Gasteiger partial charge in [0.05, 0.1) is 17.6 Å². The van der Waals surface area contributed by atoms with E-state index in [9.17, 15) is 10.1 Å². The molecular formula is C14H22N4O3. The van der Waals surface area contributed by atoms with Crippen molar-refractivity contribution < 1.29 is 9.66 Å². The van der Waals surface area contributed by atoms with Crippen molar-refractivity contribution in [2.45, 2.75) is 6.92 Å². The maximum absolute atomic E-state index is 10.9. The van der Waals surface area contributed by atoms with Gasteiger partial charge in [0.25, 0.3) is 5.69 Å². The van der Waals surface area contributed by atoms with Gasteiger partial charge in [-0.05, 0) is 6.92 Å². The summed E-state index contributed by atoms with van der Waals surface area (Å²) in [7, 11) is 0. The van der Waals surface area contributed by atoms with Gasteiger partial charge in [-0.15, -0.1) is 0 Å². The number of ether oxygens (including phenoxy) is 1. The number of nitro groups is 1. The van der Waals surface area contributed by atoms with Crippen molar-refractivity contribution in [2.24, 2.45) is 0 Å². The molecule has 116 valence electrons. The molecule has 1 saturated heterocycles. The van der Waals surface area contributed by atoms with Crippen LogP contribution in [0.4, 0.5) is 11.4 Å². The quantitative estimate of drug-likeness (QED) is 0.583. The molecule has 2 N–H and O–H groups in total. The molecule has 0 unspecified atom stereocenters. The maximum Gasteiger partial charge on any atom is 0.275 e. The third kappa shape index (κ3) is 4.87. The fourth-order valence-electron chi connectivity index (χ4n) is 2.33. The van der Waals surface area contributed by atoms with Crippen LogP contribution >= 0.6 is 0 Å². The van der Waals surface area contributed by atoms with E-state index in [0.717, 1.165) is 45.0 Å². The van der Waals surface area contributed by atoms with Gasteiger partial charge in [-0.25, -0.2) is 0 Å². The van der Waals surface area contributed by atoms with Crippen LogP contribution in [-0.4, -0.2) is 55.7 Å². The van der Waals surface area contributed by atoms with E-state index in [2.05, 4.69) is 15.5 Å². The Balaban J connectivity index is 1.92. The third-order valence-electron chi connectivity index (χ3n) is 3.38. The summed E-state index contributed by atoms with van der Waals surface area (Å²) < 4.78 is 5.37. The summed E-state index contributed by atoms with van der Waals surface area (Å²) in [5, 5.41) is 17.5. The van der Waals surface area contributed by atoms with Crippen LogP contribution in [0.25, 0.3) is 0 Å². The average molecular weight is 294 g/mol. The third-order valence-corrected chi connectivity index (χ3v) is 3.38. The fourth-order valence-corrected chi connectivity index (χ4v) is 2.33. The summed E-state index contributed by atoms with van der Waals surface area (Å²) >= 11 is 0. The van der Waals surface area contributed by atoms with Crippen LogP contribution in [-0.2, 0) is 0 Å². The largest absolute Gasteiger partial charge is 0.494 e. The van der Waals surface area contributed by atoms with E-state index in [1.807, 2.05) is 6.92 Å². The Hall–Kier alpha value is -1.86. The number of nitrogens with zero attached hydrogens (tertiary/aromatic N) is 2. The van der Waals surface area contributed by atoms with Crippen LogP contribution in [0.1, 0.15) is 6.92 Å². The molecule has 0 radical (unpaired) electrons. The minimum atomic E-state index is -0.399. The van der Waals surface area contributed by atoms with Crippen molar-refractivity contribution >= 4 is 11.4 Å². The summed E-state index contributed by atoms with van der Waals surface area (Å²) in [5.74, 6) is 0.524. The lowest BCUT2D eigenvalue weighted by Crippen LogP contribution is -2.45. The van der Waals surface area contributed by atoms with E-state index in [4.69, 9.17) is 4.74 Å². The number of non-ortho nitro benzene ring substituents is 1. The predicted octanol–water partition coefficient (Wildman–Crippen LogP) is 1.31. The van der Waals surface area contributed by atoms with Gasteiger partial charge >= 0.3 is 0 Å². The highest BCUT2D eigenvalue weighted by Crippen LogP contribution is 2.25. The first-order chi connectivity index (χ1) is 10.2. The Kier molecular flexibility index (Phi) is 5.77. The number of nitrogens with one attached hydrogen (secondary N) is 2. The first kappa shape index (κ1) is 15.5. The van der Waals surface area contributed by atoms with Crippen molar-refractivity contribution in [3.63, 3.8) is 0 Å². The minimum absolute atomic E-state index is 0.0469. The van der Waals surface area contributed by atoms with E-state index in [1.165, 1.54) is 6.07 Å². The average Bonchev–Trinajstić information content (AvgIpc) is 2.48. The Labute approximate surface area is 124 Å². The summed E-state index contributed by atoms with van der Waals surface area (Å²) in [6.07, 6.45) is 0. The number of benzene rings is 1. The number of hydrogen-bond donors (Lipinski definition) is 2. The molecule has 0 aromatic heterocycles. The highest BCUT2D eigenvalue weighted by molar-refractivity contribution is 5.56. The second-order valence-electron chi connectivity index (χ2n) is 4.92. The predicted molar refractivity (Wildman–Crippen MR) is 82.1 cm³/mol. The minimum Gasteiger partial charge on any atom is -0.494 e. The maximum atomic E-state index is 10.9. The molecule has 0 saturated carbocycles. The van der Waals surface area contributed by atoms with Crippen molar-refractivity contribution in [1.29, 1.82) is 0 Å². The molecule has 0 amide bonds. The molecule has 7 heteroatoms. The Morgan fingerprint density at radius 3 is 2.81 bits per heavy atom. The van der Waals surface area contributed by atoms with Crippen LogP contribution in [0.3, 0.4) is 0 Å². The van der Waals surface area contributed by atoms with E-state index in [-0.39, 0.29) is 5.69 Å². The molecule has 1 aromatic carbocycles. The van der Waals surface area contributed by atoms with Gasteiger partial charge in [0, 0.05) is 57.1 Å². The lowest BCUT2D eigenvalue weighted by molar-refractivity contribution is -0.384. The number of hydrogen-bond acceptors (Lipinski definition) is 6. The highest BCUT2D eigenvalue weighted by atomic mass is 16.6. The summed E-state index contributed by atoms with van der Waals surface area (Å²) in [6.45, 7) is 8.15. The fraction of sp³-hybridized carbons (Fsp3) is 0.571. The van der Waals surface area contributed by atoms with Crippen molar-refractivity contribution in [2.75, 3.05) is 51.2 Å². The number of piperazine rings is 1. The molecule has 1 aromatic rings. The zero-order valence-electron chi connectivity index (χ0n) is 12.3. The van der Waals surface area contributed by atoms with E-state index >= 15 is 0 Å². The molecule has 0 spiro atoms. The molecule has 1 aliphatic rings. The second kappa shape index (κ2) is 7.80. The van der Waals surface area contributed by atoms with Crippen molar-refractivity contribution in [3.8, 4) is 5.75 Å². The van der Waals surface area contributed by atoms with Crippen LogP contribution in [0.5, 0.6) is 5.75 Å². The van der Waals surface area contributed by atoms with Gasteiger partial charge in [0.15, 0.2) is 0 Å². The lowest BCUT2D eigenvalue weighted by Gasteiger charge is -2.27. The smallest absolute Gasteiger partial charge is 0.275 e. The Morgan fingerprint density at radius 2 is 2.14 bits per heavy atom. The Morgan fingerprint density at radius 1 is 1.38 bits per heavy atom. The monoisotopic (exact) mass is 294 g/mol. The van der Waals surface area contributed by atoms with Gasteiger partial charge < -0.3 is 15.4 Å². The molecule has 1 heterocycles. The molecule has 0 atom stereocenters. The molecule has 0 aliphatic carbocycles. The van der Waals surface area contributed by atoms with Crippen molar-refractivity contribution in [3.05, 3.63) is 28.3 Å². The van der Waals surface area contributed by atoms with E-state index < -0.39 is 4.92 Å². The Bertz CT molecular complexity index is 475. The van der Waals surface area contributed by atoms with E-state index in [1.54, 1.807) is 12.1 Å². The summed E-state index contributed by atoms with van der Waals surface area (Å²) in [4.78, 5) is 12.9. The molecule has 2 rings (SSSR count). The van der Waals surface area contributed by atoms with Gasteiger partial charge in [-0.2, -0.15) is 0 Å². The van der Waals surface area contributed by atoms with E-state index in [0.29, 0.717) is 12.4 Å². The molecule has 0 bridgehead atoms. The van der Waals surface area contributed by atoms with Gasteiger partial charge in [-0.1, -0.05) is 0 Å². The SMILES string of the molecule is CCOc1cc(NCCN2CCNCC2)cc([N+](=O)[O-])c1. The lowest BCUT2D eigenvalue weighted by atomic mass is 10.2. The van der Waals surface area contributed by atoms with Crippen LogP contribution in [0.2, 0.25) is 0 Å². The van der Waals surface area contributed by atoms with Crippen LogP contribution in [0.15, 0.2) is 18.2 Å². The number of rotatable bonds is 7. The zero-order valence-corrected chi connectivity index (χ0v) is 12.3.